The maximum atomic E-state index is 15.5. The third-order valence-electron chi connectivity index (χ3n) is 6.67. The molecule has 1 amide bonds. The van der Waals surface area contributed by atoms with Crippen LogP contribution in [0, 0.1) is 12.7 Å². The zero-order valence-electron chi connectivity index (χ0n) is 23.5. The molecule has 9 nitrogen and oxygen atoms in total. The fourth-order valence-electron chi connectivity index (χ4n) is 5.05. The van der Waals surface area contributed by atoms with Gasteiger partial charge in [0.1, 0.15) is 28.5 Å². The van der Waals surface area contributed by atoms with Crippen molar-refractivity contribution in [2.75, 3.05) is 16.8 Å². The fourth-order valence-corrected chi connectivity index (χ4v) is 5.27. The predicted octanol–water partition coefficient (Wildman–Crippen LogP) is 7.89. The number of aromatic nitrogens is 4. The summed E-state index contributed by atoms with van der Waals surface area (Å²) in [5.74, 6) is 0.594. The average Bonchev–Trinajstić information content (AvgIpc) is 3.48. The van der Waals surface area contributed by atoms with Gasteiger partial charge in [-0.1, -0.05) is 29.8 Å². The number of halogens is 2. The summed E-state index contributed by atoms with van der Waals surface area (Å²) in [5.41, 5.74) is 3.46. The zero-order chi connectivity index (χ0) is 29.6. The van der Waals surface area contributed by atoms with E-state index in [4.69, 9.17) is 21.1 Å². The number of rotatable bonds is 5. The highest BCUT2D eigenvalue weighted by atomic mass is 35.5. The normalized spacial score (nSPS) is 12.9. The quantitative estimate of drug-likeness (QED) is 0.209. The predicted molar refractivity (Wildman–Crippen MR) is 160 cm³/mol. The first-order valence-corrected chi connectivity index (χ1v) is 13.8. The summed E-state index contributed by atoms with van der Waals surface area (Å²) in [7, 11) is 0. The smallest absolute Gasteiger partial charge is 0.412 e. The van der Waals surface area contributed by atoms with Crippen molar-refractivity contribution < 1.29 is 18.7 Å². The van der Waals surface area contributed by atoms with Gasteiger partial charge >= 0.3 is 6.09 Å². The number of anilines is 3. The van der Waals surface area contributed by atoms with Crippen molar-refractivity contribution >= 4 is 45.9 Å². The Hall–Kier alpha value is -4.70. The topological polar surface area (TPSA) is 94.4 Å². The summed E-state index contributed by atoms with van der Waals surface area (Å²) in [4.78, 5) is 27.5. The number of carbonyl (C=O) groups is 1. The van der Waals surface area contributed by atoms with Crippen molar-refractivity contribution in [2.45, 2.75) is 39.8 Å². The summed E-state index contributed by atoms with van der Waals surface area (Å²) in [6.07, 6.45) is 0.874. The number of benzene rings is 2. The van der Waals surface area contributed by atoms with Gasteiger partial charge in [-0.3, -0.25) is 5.32 Å². The molecule has 6 rings (SSSR count). The highest BCUT2D eigenvalue weighted by molar-refractivity contribution is 6.35. The number of nitrogens with one attached hydrogen (secondary N) is 1. The molecule has 0 aliphatic carbocycles. The van der Waals surface area contributed by atoms with E-state index in [1.165, 1.54) is 12.4 Å². The van der Waals surface area contributed by atoms with Gasteiger partial charge in [0.2, 0.25) is 5.88 Å². The van der Waals surface area contributed by atoms with E-state index in [0.29, 0.717) is 46.8 Å². The van der Waals surface area contributed by atoms with E-state index < -0.39 is 17.5 Å². The number of aryl methyl sites for hydroxylation is 1. The summed E-state index contributed by atoms with van der Waals surface area (Å²) in [6.45, 7) is 8.50. The second-order valence-electron chi connectivity index (χ2n) is 10.9. The molecule has 0 saturated heterocycles. The molecule has 214 valence electrons. The Labute approximate surface area is 246 Å². The Morgan fingerprint density at radius 3 is 2.62 bits per heavy atom. The molecule has 3 aromatic heterocycles. The van der Waals surface area contributed by atoms with Crippen LogP contribution >= 0.6 is 11.6 Å². The van der Waals surface area contributed by atoms with Crippen molar-refractivity contribution in [1.29, 1.82) is 0 Å². The SMILES string of the molecule is Cc1cccc(Oc2ccc(-c3c4n(c5ncnc(Cl)c35)CCN4c3cccc(NC(=O)OC(C)(C)C)c3)cc2F)n1. The number of hydrogen-bond acceptors (Lipinski definition) is 7. The lowest BCUT2D eigenvalue weighted by molar-refractivity contribution is 0.0636. The van der Waals surface area contributed by atoms with Gasteiger partial charge in [0.25, 0.3) is 0 Å². The molecule has 0 fully saturated rings. The van der Waals surface area contributed by atoms with Gasteiger partial charge in [-0.15, -0.1) is 0 Å². The number of ether oxygens (including phenoxy) is 2. The molecule has 0 bridgehead atoms. The molecule has 0 spiro atoms. The van der Waals surface area contributed by atoms with Crippen LogP contribution in [0.5, 0.6) is 11.6 Å². The molecule has 1 aliphatic heterocycles. The van der Waals surface area contributed by atoms with Crippen molar-refractivity contribution in [2.24, 2.45) is 0 Å². The van der Waals surface area contributed by atoms with Crippen LogP contribution in [0.4, 0.5) is 26.4 Å². The third kappa shape index (κ3) is 5.33. The number of carbonyl (C=O) groups excluding carboxylic acids is 1. The van der Waals surface area contributed by atoms with Crippen LogP contribution in [0.1, 0.15) is 26.5 Å². The fraction of sp³-hybridized carbons (Fsp3) is 0.226. The minimum Gasteiger partial charge on any atom is -0.444 e. The summed E-state index contributed by atoms with van der Waals surface area (Å²) < 4.78 is 28.7. The molecule has 2 aromatic carbocycles. The van der Waals surface area contributed by atoms with E-state index in [1.807, 2.05) is 56.5 Å². The van der Waals surface area contributed by atoms with Crippen molar-refractivity contribution in [3.8, 4) is 22.8 Å². The summed E-state index contributed by atoms with van der Waals surface area (Å²) in [6, 6.07) is 17.5. The Balaban J connectivity index is 1.41. The second kappa shape index (κ2) is 10.6. The zero-order valence-corrected chi connectivity index (χ0v) is 24.2. The minimum atomic E-state index is -0.626. The van der Waals surface area contributed by atoms with E-state index in [9.17, 15) is 4.79 Å². The Morgan fingerprint density at radius 1 is 1.05 bits per heavy atom. The van der Waals surface area contributed by atoms with Crippen molar-refractivity contribution in [1.82, 2.24) is 19.5 Å². The van der Waals surface area contributed by atoms with Crippen molar-refractivity contribution in [3.05, 3.63) is 83.7 Å². The Kier molecular flexibility index (Phi) is 6.94. The van der Waals surface area contributed by atoms with E-state index in [1.54, 1.807) is 30.3 Å². The number of pyridine rings is 1. The molecule has 0 unspecified atom stereocenters. The van der Waals surface area contributed by atoms with E-state index in [-0.39, 0.29) is 10.9 Å². The lowest BCUT2D eigenvalue weighted by Crippen LogP contribution is -2.27. The number of hydrogen-bond donors (Lipinski definition) is 1. The first kappa shape index (κ1) is 27.5. The molecule has 0 saturated carbocycles. The van der Waals surface area contributed by atoms with Crippen LogP contribution in [0.3, 0.4) is 0 Å². The van der Waals surface area contributed by atoms with Crippen LogP contribution in [-0.4, -0.2) is 37.8 Å². The van der Waals surface area contributed by atoms with E-state index in [2.05, 4.69) is 25.2 Å². The van der Waals surface area contributed by atoms with Gasteiger partial charge in [-0.2, -0.15) is 0 Å². The van der Waals surface area contributed by atoms with Crippen LogP contribution in [0.2, 0.25) is 5.15 Å². The lowest BCUT2D eigenvalue weighted by atomic mass is 10.0. The monoisotopic (exact) mass is 586 g/mol. The molecule has 0 radical (unpaired) electrons. The molecule has 5 aromatic rings. The first-order valence-electron chi connectivity index (χ1n) is 13.4. The molecule has 0 atom stereocenters. The molecular formula is C31H28ClFN6O3. The maximum Gasteiger partial charge on any atom is 0.412 e. The number of nitrogens with zero attached hydrogens (tertiary/aromatic N) is 5. The second-order valence-corrected chi connectivity index (χ2v) is 11.3. The number of amides is 1. The molecule has 11 heteroatoms. The van der Waals surface area contributed by atoms with Crippen LogP contribution in [0.15, 0.2) is 67.0 Å². The Morgan fingerprint density at radius 2 is 1.86 bits per heavy atom. The van der Waals surface area contributed by atoms with Crippen LogP contribution in [-0.2, 0) is 11.3 Å². The number of fused-ring (bicyclic) bond motifs is 3. The van der Waals surface area contributed by atoms with Gasteiger partial charge in [-0.25, -0.2) is 24.1 Å². The van der Waals surface area contributed by atoms with Gasteiger partial charge in [0.05, 0.1) is 5.39 Å². The highest BCUT2D eigenvalue weighted by Crippen LogP contribution is 2.47. The van der Waals surface area contributed by atoms with E-state index in [0.717, 1.165) is 17.2 Å². The Bertz CT molecular complexity index is 1830. The molecule has 1 N–H and O–H groups in total. The van der Waals surface area contributed by atoms with Crippen LogP contribution in [0.25, 0.3) is 22.2 Å². The van der Waals surface area contributed by atoms with Gasteiger partial charge < -0.3 is 18.9 Å². The maximum absolute atomic E-state index is 15.5. The molecular weight excluding hydrogens is 559 g/mol. The summed E-state index contributed by atoms with van der Waals surface area (Å²) >= 11 is 6.63. The molecule has 1 aliphatic rings. The third-order valence-corrected chi connectivity index (χ3v) is 6.96. The van der Waals surface area contributed by atoms with Crippen LogP contribution < -0.4 is 15.0 Å². The van der Waals surface area contributed by atoms with Gasteiger partial charge in [0.15, 0.2) is 11.6 Å². The minimum absolute atomic E-state index is 0.0529. The first-order chi connectivity index (χ1) is 20.1. The van der Waals surface area contributed by atoms with Gasteiger partial charge in [-0.05, 0) is 69.7 Å². The highest BCUT2D eigenvalue weighted by Gasteiger charge is 2.32. The molecule has 42 heavy (non-hydrogen) atoms. The van der Waals surface area contributed by atoms with Gasteiger partial charge in [0, 0.05) is 41.8 Å². The average molecular weight is 587 g/mol. The lowest BCUT2D eigenvalue weighted by Gasteiger charge is -2.22. The van der Waals surface area contributed by atoms with E-state index >= 15 is 4.39 Å². The summed E-state index contributed by atoms with van der Waals surface area (Å²) in [5, 5.41) is 3.68. The standard InChI is InChI=1S/C31H28ClFN6O3/c1-18-7-5-10-24(36-18)41-23-12-11-19(15-22(23)33)25-26-27(32)34-17-35-28(26)39-14-13-38(29(25)39)21-9-6-8-20(16-21)37-30(40)42-31(2,3)4/h5-12,15-17H,13-14H2,1-4H3,(H,37,40). The van der Waals surface area contributed by atoms with Crippen molar-refractivity contribution in [3.63, 3.8) is 0 Å². The largest absolute Gasteiger partial charge is 0.444 e. The molecule has 4 heterocycles.